The number of allylic oxidation sites excluding steroid dienone is 1. The Morgan fingerprint density at radius 2 is 2.05 bits per heavy atom. The number of amides is 1. The number of aromatic nitrogens is 3. The van der Waals surface area contributed by atoms with Crippen molar-refractivity contribution in [1.29, 1.82) is 0 Å². The van der Waals surface area contributed by atoms with Crippen molar-refractivity contribution in [2.75, 3.05) is 0 Å². The Balaban J connectivity index is 2.00. The molecule has 0 unspecified atom stereocenters. The lowest BCUT2D eigenvalue weighted by Crippen LogP contribution is -2.17. The fourth-order valence-electron chi connectivity index (χ4n) is 2.08. The van der Waals surface area contributed by atoms with Gasteiger partial charge in [-0.1, -0.05) is 0 Å². The average Bonchev–Trinajstić information content (AvgIpc) is 2.84. The zero-order valence-electron chi connectivity index (χ0n) is 10.5. The molecule has 0 spiro atoms. The molecule has 108 valence electrons. The van der Waals surface area contributed by atoms with Crippen molar-refractivity contribution in [3.63, 3.8) is 0 Å². The van der Waals surface area contributed by atoms with Gasteiger partial charge in [-0.05, 0) is 23.3 Å². The zero-order chi connectivity index (χ0) is 15.0. The van der Waals surface area contributed by atoms with Crippen molar-refractivity contribution in [1.82, 2.24) is 20.3 Å². The molecule has 2 N–H and O–H groups in total. The first-order valence-corrected chi connectivity index (χ1v) is 6.02. The molecule has 1 aliphatic rings. The third-order valence-electron chi connectivity index (χ3n) is 3.06. The first kappa shape index (κ1) is 13.3. The van der Waals surface area contributed by atoms with Gasteiger partial charge in [0.2, 0.25) is 5.82 Å². The number of aromatic amines is 1. The van der Waals surface area contributed by atoms with Gasteiger partial charge in [-0.25, -0.2) is 9.97 Å². The summed E-state index contributed by atoms with van der Waals surface area (Å²) < 4.78 is 37.9. The summed E-state index contributed by atoms with van der Waals surface area (Å²) in [6, 6.07) is 3.09. The van der Waals surface area contributed by atoms with Crippen LogP contribution in [0.15, 0.2) is 30.7 Å². The summed E-state index contributed by atoms with van der Waals surface area (Å²) in [5.74, 6) is -1.54. The van der Waals surface area contributed by atoms with Crippen LogP contribution in [-0.4, -0.2) is 20.9 Å². The Bertz CT molecular complexity index is 733. The summed E-state index contributed by atoms with van der Waals surface area (Å²) in [6.45, 7) is 0. The van der Waals surface area contributed by atoms with Crippen molar-refractivity contribution in [3.8, 4) is 0 Å². The average molecular weight is 294 g/mol. The maximum absolute atomic E-state index is 12.6. The van der Waals surface area contributed by atoms with Crippen LogP contribution in [0.2, 0.25) is 0 Å². The first-order valence-electron chi connectivity index (χ1n) is 6.02. The van der Waals surface area contributed by atoms with Crippen LogP contribution in [0.4, 0.5) is 13.2 Å². The molecule has 21 heavy (non-hydrogen) atoms. The van der Waals surface area contributed by atoms with Gasteiger partial charge in [-0.2, -0.15) is 13.2 Å². The van der Waals surface area contributed by atoms with E-state index in [1.165, 1.54) is 12.3 Å². The van der Waals surface area contributed by atoms with Crippen LogP contribution in [-0.2, 0) is 12.6 Å². The minimum Gasteiger partial charge on any atom is -0.357 e. The number of nitrogens with zero attached hydrogens (tertiary/aromatic N) is 2. The van der Waals surface area contributed by atoms with E-state index in [-0.39, 0.29) is 11.6 Å². The number of H-pyrrole nitrogens is 1. The normalized spacial score (nSPS) is 15.0. The van der Waals surface area contributed by atoms with Gasteiger partial charge in [-0.3, -0.25) is 4.79 Å². The van der Waals surface area contributed by atoms with Crippen LogP contribution < -0.4 is 5.32 Å². The van der Waals surface area contributed by atoms with Gasteiger partial charge in [0.25, 0.3) is 5.91 Å². The summed E-state index contributed by atoms with van der Waals surface area (Å²) in [4.78, 5) is 21.3. The van der Waals surface area contributed by atoms with Crippen LogP contribution in [0.3, 0.4) is 0 Å². The third kappa shape index (κ3) is 2.51. The quantitative estimate of drug-likeness (QED) is 0.846. The second-order valence-electron chi connectivity index (χ2n) is 4.46. The summed E-state index contributed by atoms with van der Waals surface area (Å²) in [5, 5.41) is 2.52. The molecule has 0 aromatic carbocycles. The number of rotatable bonds is 1. The number of carbonyl (C=O) groups excluding carboxylic acids is 1. The Morgan fingerprint density at radius 1 is 1.24 bits per heavy atom. The van der Waals surface area contributed by atoms with Crippen molar-refractivity contribution in [2.24, 2.45) is 0 Å². The minimum absolute atomic E-state index is 0.131. The van der Waals surface area contributed by atoms with Crippen molar-refractivity contribution in [3.05, 3.63) is 53.5 Å². The van der Waals surface area contributed by atoms with Crippen LogP contribution in [0.25, 0.3) is 5.57 Å². The molecule has 1 aliphatic heterocycles. The van der Waals surface area contributed by atoms with Crippen molar-refractivity contribution >= 4 is 11.5 Å². The number of hydrogen-bond donors (Lipinski definition) is 2. The summed E-state index contributed by atoms with van der Waals surface area (Å²) >= 11 is 0. The third-order valence-corrected chi connectivity index (χ3v) is 3.06. The Hall–Kier alpha value is -2.64. The molecular weight excluding hydrogens is 285 g/mol. The fraction of sp³-hybridized carbons (Fsp3) is 0.154. The number of fused-ring (bicyclic) bond motifs is 1. The zero-order valence-corrected chi connectivity index (χ0v) is 10.5. The van der Waals surface area contributed by atoms with E-state index in [0.717, 1.165) is 6.20 Å². The summed E-state index contributed by atoms with van der Waals surface area (Å²) in [7, 11) is 0. The van der Waals surface area contributed by atoms with Gasteiger partial charge in [0, 0.05) is 25.0 Å². The monoisotopic (exact) mass is 294 g/mol. The molecule has 5 nitrogen and oxygen atoms in total. The van der Waals surface area contributed by atoms with E-state index >= 15 is 0 Å². The molecule has 0 fully saturated rings. The maximum Gasteiger partial charge on any atom is 0.451 e. The van der Waals surface area contributed by atoms with Crippen LogP contribution in [0.1, 0.15) is 27.6 Å². The molecule has 0 saturated heterocycles. The van der Waals surface area contributed by atoms with Crippen molar-refractivity contribution in [2.45, 2.75) is 12.6 Å². The fourth-order valence-corrected chi connectivity index (χ4v) is 2.08. The van der Waals surface area contributed by atoms with Crippen LogP contribution in [0.5, 0.6) is 0 Å². The molecule has 1 amide bonds. The molecule has 2 aromatic heterocycles. The molecule has 0 atom stereocenters. The largest absolute Gasteiger partial charge is 0.451 e. The van der Waals surface area contributed by atoms with Crippen molar-refractivity contribution < 1.29 is 18.0 Å². The van der Waals surface area contributed by atoms with Crippen LogP contribution >= 0.6 is 0 Å². The van der Waals surface area contributed by atoms with E-state index in [1.54, 1.807) is 12.3 Å². The number of nitrogens with one attached hydrogen (secondary N) is 2. The van der Waals surface area contributed by atoms with Gasteiger partial charge in [0.1, 0.15) is 5.69 Å². The van der Waals surface area contributed by atoms with Gasteiger partial charge in [-0.15, -0.1) is 0 Å². The van der Waals surface area contributed by atoms with E-state index in [1.807, 2.05) is 0 Å². The minimum atomic E-state index is -4.61. The molecule has 2 aromatic rings. The molecular formula is C13H9F3N4O. The Kier molecular flexibility index (Phi) is 3.00. The van der Waals surface area contributed by atoms with E-state index in [2.05, 4.69) is 20.3 Å². The Labute approximate surface area is 116 Å². The topological polar surface area (TPSA) is 70.7 Å². The highest BCUT2D eigenvalue weighted by atomic mass is 19.4. The predicted molar refractivity (Wildman–Crippen MR) is 67.0 cm³/mol. The lowest BCUT2D eigenvalue weighted by Gasteiger charge is -2.08. The number of halogens is 3. The summed E-state index contributed by atoms with van der Waals surface area (Å²) in [5.41, 5.74) is 1.70. The van der Waals surface area contributed by atoms with E-state index in [4.69, 9.17) is 0 Å². The molecule has 0 bridgehead atoms. The van der Waals surface area contributed by atoms with Gasteiger partial charge in [0.05, 0.1) is 5.69 Å². The first-order chi connectivity index (χ1) is 9.95. The molecule has 3 rings (SSSR count). The number of hydrogen-bond acceptors (Lipinski definition) is 3. The van der Waals surface area contributed by atoms with E-state index in [9.17, 15) is 18.0 Å². The van der Waals surface area contributed by atoms with Gasteiger partial charge >= 0.3 is 6.18 Å². The van der Waals surface area contributed by atoms with E-state index in [0.29, 0.717) is 23.3 Å². The summed E-state index contributed by atoms with van der Waals surface area (Å²) in [6.07, 6.45) is -0.278. The maximum atomic E-state index is 12.6. The predicted octanol–water partition coefficient (Wildman–Crippen LogP) is 2.15. The molecule has 0 saturated carbocycles. The molecule has 0 aliphatic carbocycles. The lowest BCUT2D eigenvalue weighted by atomic mass is 10.0. The van der Waals surface area contributed by atoms with Gasteiger partial charge in [0.15, 0.2) is 0 Å². The highest BCUT2D eigenvalue weighted by Gasteiger charge is 2.35. The van der Waals surface area contributed by atoms with E-state index < -0.39 is 12.0 Å². The number of alkyl halides is 3. The SMILES string of the molecule is O=C1NC=C(c2ccnc(C(F)(F)F)n2)Cc2cc[nH]c21. The Morgan fingerprint density at radius 3 is 2.81 bits per heavy atom. The number of carbonyl (C=O) groups is 1. The van der Waals surface area contributed by atoms with Crippen LogP contribution in [0, 0.1) is 0 Å². The second-order valence-corrected chi connectivity index (χ2v) is 4.46. The highest BCUT2D eigenvalue weighted by molar-refractivity contribution is 5.97. The standard InChI is InChI=1S/C13H9F3N4O/c14-13(15,16)12-18-4-2-9(20-12)8-5-7-1-3-17-10(7)11(21)19-6-8/h1-4,6,17H,5H2,(H,19,21). The molecule has 8 heteroatoms. The molecule has 0 radical (unpaired) electrons. The highest BCUT2D eigenvalue weighted by Crippen LogP contribution is 2.28. The smallest absolute Gasteiger partial charge is 0.357 e. The lowest BCUT2D eigenvalue weighted by molar-refractivity contribution is -0.145. The van der Waals surface area contributed by atoms with Gasteiger partial charge < -0.3 is 10.3 Å². The second kappa shape index (κ2) is 4.72. The molecule has 3 heterocycles.